The molecule has 1 N–H and O–H groups in total. The van der Waals surface area contributed by atoms with Gasteiger partial charge in [0.15, 0.2) is 10.8 Å². The number of nitrogens with one attached hydrogen (secondary N) is 1. The van der Waals surface area contributed by atoms with Gasteiger partial charge in [-0.2, -0.15) is 5.10 Å². The smallest absolute Gasteiger partial charge is 0.184 e. The molecule has 0 saturated carbocycles. The number of aromatic nitrogens is 4. The molecule has 0 fully saturated rings. The summed E-state index contributed by atoms with van der Waals surface area (Å²) in [7, 11) is 0. The maximum absolute atomic E-state index is 5.50. The van der Waals surface area contributed by atoms with Gasteiger partial charge in [-0.15, -0.1) is 11.3 Å². The standard InChI is InChI=1S/C11H10N4OS/c1-6-3-8(7(2)16-6)9-4-17-11(14-9)10-12-5-13-15-10/h3-5H,1-2H3,(H,12,13,15). The first-order valence-electron chi connectivity index (χ1n) is 5.12. The molecule has 3 aromatic heterocycles. The van der Waals surface area contributed by atoms with Gasteiger partial charge in [-0.25, -0.2) is 9.97 Å². The Labute approximate surface area is 102 Å². The SMILES string of the molecule is Cc1cc(-c2csc(-c3ncn[nH]3)n2)c(C)o1. The molecule has 0 aromatic carbocycles. The lowest BCUT2D eigenvalue weighted by atomic mass is 10.2. The Morgan fingerprint density at radius 1 is 1.35 bits per heavy atom. The summed E-state index contributed by atoms with van der Waals surface area (Å²) in [6.07, 6.45) is 1.48. The molecule has 86 valence electrons. The molecule has 0 atom stereocenters. The van der Waals surface area contributed by atoms with Gasteiger partial charge in [-0.05, 0) is 19.9 Å². The minimum absolute atomic E-state index is 0.694. The average Bonchev–Trinajstić information content (AvgIpc) is 2.97. The van der Waals surface area contributed by atoms with E-state index in [4.69, 9.17) is 4.42 Å². The van der Waals surface area contributed by atoms with Crippen molar-refractivity contribution in [2.45, 2.75) is 13.8 Å². The lowest BCUT2D eigenvalue weighted by Crippen LogP contribution is -1.81. The van der Waals surface area contributed by atoms with E-state index in [0.717, 1.165) is 27.8 Å². The molecule has 3 heterocycles. The Balaban J connectivity index is 2.03. The fraction of sp³-hybridized carbons (Fsp3) is 0.182. The van der Waals surface area contributed by atoms with Gasteiger partial charge in [0.25, 0.3) is 0 Å². The van der Waals surface area contributed by atoms with Crippen LogP contribution in [0.5, 0.6) is 0 Å². The summed E-state index contributed by atoms with van der Waals surface area (Å²) in [6, 6.07) is 1.99. The molecule has 6 heteroatoms. The molecular weight excluding hydrogens is 236 g/mol. The third kappa shape index (κ3) is 1.76. The highest BCUT2D eigenvalue weighted by molar-refractivity contribution is 7.13. The number of aromatic amines is 1. The van der Waals surface area contributed by atoms with Crippen molar-refractivity contribution < 1.29 is 4.42 Å². The van der Waals surface area contributed by atoms with E-state index in [1.807, 2.05) is 25.3 Å². The Morgan fingerprint density at radius 3 is 2.88 bits per heavy atom. The van der Waals surface area contributed by atoms with E-state index in [1.54, 1.807) is 0 Å². The summed E-state index contributed by atoms with van der Waals surface area (Å²) in [4.78, 5) is 8.60. The topological polar surface area (TPSA) is 67.6 Å². The quantitative estimate of drug-likeness (QED) is 0.755. The molecule has 0 aliphatic carbocycles. The predicted octanol–water partition coefficient (Wildman–Crippen LogP) is 2.81. The van der Waals surface area contributed by atoms with Crippen molar-refractivity contribution >= 4 is 11.3 Å². The second kappa shape index (κ2) is 3.81. The first-order valence-corrected chi connectivity index (χ1v) is 6.00. The summed E-state index contributed by atoms with van der Waals surface area (Å²) in [6.45, 7) is 3.87. The van der Waals surface area contributed by atoms with E-state index < -0.39 is 0 Å². The maximum atomic E-state index is 5.50. The monoisotopic (exact) mass is 246 g/mol. The number of H-pyrrole nitrogens is 1. The van der Waals surface area contributed by atoms with Gasteiger partial charge in [0.2, 0.25) is 0 Å². The van der Waals surface area contributed by atoms with Crippen LogP contribution in [-0.2, 0) is 0 Å². The number of rotatable bonds is 2. The van der Waals surface area contributed by atoms with Crippen LogP contribution in [0.25, 0.3) is 22.1 Å². The molecule has 5 nitrogen and oxygen atoms in total. The summed E-state index contributed by atoms with van der Waals surface area (Å²) in [5.74, 6) is 2.47. The Bertz CT molecular complexity index is 638. The molecule has 0 unspecified atom stereocenters. The van der Waals surface area contributed by atoms with Crippen LogP contribution in [0.15, 0.2) is 22.2 Å². The second-order valence-electron chi connectivity index (χ2n) is 3.70. The van der Waals surface area contributed by atoms with Crippen LogP contribution in [0.1, 0.15) is 11.5 Å². The summed E-state index contributed by atoms with van der Waals surface area (Å²) >= 11 is 1.53. The third-order valence-corrected chi connectivity index (χ3v) is 3.29. The fourth-order valence-electron chi connectivity index (χ4n) is 1.70. The van der Waals surface area contributed by atoms with Crippen LogP contribution >= 0.6 is 11.3 Å². The van der Waals surface area contributed by atoms with Crippen molar-refractivity contribution in [3.05, 3.63) is 29.3 Å². The van der Waals surface area contributed by atoms with Crippen LogP contribution in [0.2, 0.25) is 0 Å². The van der Waals surface area contributed by atoms with Crippen LogP contribution in [0, 0.1) is 13.8 Å². The molecule has 0 amide bonds. The van der Waals surface area contributed by atoms with Crippen molar-refractivity contribution in [1.29, 1.82) is 0 Å². The van der Waals surface area contributed by atoms with Crippen LogP contribution in [0.3, 0.4) is 0 Å². The Kier molecular flexibility index (Phi) is 2.29. The zero-order valence-corrected chi connectivity index (χ0v) is 10.2. The lowest BCUT2D eigenvalue weighted by Gasteiger charge is -1.91. The maximum Gasteiger partial charge on any atom is 0.184 e. The number of aryl methyl sites for hydroxylation is 2. The van der Waals surface area contributed by atoms with Gasteiger partial charge >= 0.3 is 0 Å². The largest absolute Gasteiger partial charge is 0.466 e. The molecule has 3 rings (SSSR count). The molecule has 17 heavy (non-hydrogen) atoms. The van der Waals surface area contributed by atoms with E-state index in [-0.39, 0.29) is 0 Å². The Morgan fingerprint density at radius 2 is 2.24 bits per heavy atom. The minimum atomic E-state index is 0.694. The molecule has 0 spiro atoms. The number of furan rings is 1. The molecule has 0 aliphatic rings. The lowest BCUT2D eigenvalue weighted by molar-refractivity contribution is 0.505. The molecule has 0 radical (unpaired) electrons. The number of hydrogen-bond acceptors (Lipinski definition) is 5. The van der Waals surface area contributed by atoms with Crippen molar-refractivity contribution in [3.63, 3.8) is 0 Å². The second-order valence-corrected chi connectivity index (χ2v) is 4.56. The molecule has 0 saturated heterocycles. The molecular formula is C11H10N4OS. The molecule has 0 bridgehead atoms. The normalized spacial score (nSPS) is 10.9. The van der Waals surface area contributed by atoms with Crippen molar-refractivity contribution in [2.24, 2.45) is 0 Å². The first-order chi connectivity index (χ1) is 8.24. The van der Waals surface area contributed by atoms with Crippen molar-refractivity contribution in [3.8, 4) is 22.1 Å². The van der Waals surface area contributed by atoms with E-state index in [1.165, 1.54) is 17.7 Å². The predicted molar refractivity (Wildman–Crippen MR) is 64.7 cm³/mol. The van der Waals surface area contributed by atoms with Gasteiger partial charge in [0.05, 0.1) is 5.69 Å². The highest BCUT2D eigenvalue weighted by atomic mass is 32.1. The van der Waals surface area contributed by atoms with Gasteiger partial charge in [-0.3, -0.25) is 5.10 Å². The van der Waals surface area contributed by atoms with E-state index in [9.17, 15) is 0 Å². The number of hydrogen-bond donors (Lipinski definition) is 1. The summed E-state index contributed by atoms with van der Waals surface area (Å²) in [5, 5.41) is 9.44. The van der Waals surface area contributed by atoms with Gasteiger partial charge < -0.3 is 4.42 Å². The van der Waals surface area contributed by atoms with Gasteiger partial charge in [-0.1, -0.05) is 0 Å². The first kappa shape index (κ1) is 10.2. The molecule has 0 aliphatic heterocycles. The molecule has 3 aromatic rings. The van der Waals surface area contributed by atoms with Gasteiger partial charge in [0, 0.05) is 10.9 Å². The van der Waals surface area contributed by atoms with E-state index in [2.05, 4.69) is 20.2 Å². The van der Waals surface area contributed by atoms with Crippen LogP contribution in [0.4, 0.5) is 0 Å². The van der Waals surface area contributed by atoms with Crippen molar-refractivity contribution in [1.82, 2.24) is 20.2 Å². The van der Waals surface area contributed by atoms with Gasteiger partial charge in [0.1, 0.15) is 17.8 Å². The summed E-state index contributed by atoms with van der Waals surface area (Å²) < 4.78 is 5.50. The van der Waals surface area contributed by atoms with E-state index >= 15 is 0 Å². The van der Waals surface area contributed by atoms with Crippen LogP contribution < -0.4 is 0 Å². The zero-order chi connectivity index (χ0) is 11.8. The zero-order valence-electron chi connectivity index (χ0n) is 9.39. The third-order valence-electron chi connectivity index (χ3n) is 2.44. The Hall–Kier alpha value is -1.95. The van der Waals surface area contributed by atoms with E-state index in [0.29, 0.717) is 5.82 Å². The highest BCUT2D eigenvalue weighted by Gasteiger charge is 2.13. The fourth-order valence-corrected chi connectivity index (χ4v) is 2.46. The average molecular weight is 246 g/mol. The number of thiazole rings is 1. The number of nitrogens with zero attached hydrogens (tertiary/aromatic N) is 3. The van der Waals surface area contributed by atoms with Crippen molar-refractivity contribution in [2.75, 3.05) is 0 Å². The summed E-state index contributed by atoms with van der Waals surface area (Å²) in [5.41, 5.74) is 1.94. The highest BCUT2D eigenvalue weighted by Crippen LogP contribution is 2.30. The minimum Gasteiger partial charge on any atom is -0.466 e. The van der Waals surface area contributed by atoms with Crippen LogP contribution in [-0.4, -0.2) is 20.2 Å².